The van der Waals surface area contributed by atoms with Crippen LogP contribution in [0.3, 0.4) is 0 Å². The molecule has 2 aromatic carbocycles. The van der Waals surface area contributed by atoms with Crippen LogP contribution in [0.5, 0.6) is 0 Å². The Morgan fingerprint density at radius 2 is 1.78 bits per heavy atom. The van der Waals surface area contributed by atoms with Crippen LogP contribution in [-0.4, -0.2) is 24.0 Å². The Bertz CT molecular complexity index is 965. The summed E-state index contributed by atoms with van der Waals surface area (Å²) in [4.78, 5) is 21.8. The Hall–Kier alpha value is -3.14. The Morgan fingerprint density at radius 1 is 0.963 bits per heavy atom. The number of nitrogens with zero attached hydrogens (tertiary/aromatic N) is 3. The van der Waals surface area contributed by atoms with Crippen molar-refractivity contribution >= 4 is 17.4 Å². The minimum absolute atomic E-state index is 0.0305. The lowest BCUT2D eigenvalue weighted by atomic mass is 10.1. The van der Waals surface area contributed by atoms with Crippen LogP contribution in [0.15, 0.2) is 66.9 Å². The molecular formula is C23H23N3O. The average Bonchev–Trinajstić information content (AvgIpc) is 2.69. The van der Waals surface area contributed by atoms with E-state index >= 15 is 0 Å². The molecule has 0 aliphatic carbocycles. The first-order valence-corrected chi connectivity index (χ1v) is 9.26. The zero-order valence-corrected chi connectivity index (χ0v) is 15.7. The van der Waals surface area contributed by atoms with Gasteiger partial charge in [-0.15, -0.1) is 0 Å². The van der Waals surface area contributed by atoms with Gasteiger partial charge < -0.3 is 9.80 Å². The number of fused-ring (bicyclic) bond motifs is 1. The summed E-state index contributed by atoms with van der Waals surface area (Å²) < 4.78 is 0. The van der Waals surface area contributed by atoms with E-state index < -0.39 is 0 Å². The van der Waals surface area contributed by atoms with Crippen molar-refractivity contribution < 1.29 is 4.79 Å². The van der Waals surface area contributed by atoms with Gasteiger partial charge in [-0.25, -0.2) is 4.98 Å². The van der Waals surface area contributed by atoms with Crippen molar-refractivity contribution in [3.05, 3.63) is 89.1 Å². The van der Waals surface area contributed by atoms with E-state index in [0.29, 0.717) is 6.54 Å². The molecule has 27 heavy (non-hydrogen) atoms. The van der Waals surface area contributed by atoms with Gasteiger partial charge in [-0.3, -0.25) is 4.79 Å². The van der Waals surface area contributed by atoms with Crippen molar-refractivity contribution in [2.45, 2.75) is 20.4 Å². The zero-order chi connectivity index (χ0) is 18.8. The monoisotopic (exact) mass is 357 g/mol. The smallest absolute Gasteiger partial charge is 0.258 e. The molecule has 136 valence electrons. The van der Waals surface area contributed by atoms with E-state index in [0.717, 1.165) is 35.7 Å². The molecule has 1 aliphatic rings. The summed E-state index contributed by atoms with van der Waals surface area (Å²) in [5, 5.41) is 0. The predicted molar refractivity (Wildman–Crippen MR) is 109 cm³/mol. The molecule has 0 fully saturated rings. The lowest BCUT2D eigenvalue weighted by Crippen LogP contribution is -2.44. The van der Waals surface area contributed by atoms with Gasteiger partial charge in [-0.05, 0) is 43.7 Å². The molecule has 1 aliphatic heterocycles. The van der Waals surface area contributed by atoms with Crippen LogP contribution in [-0.2, 0) is 6.54 Å². The first kappa shape index (κ1) is 17.3. The van der Waals surface area contributed by atoms with Crippen LogP contribution >= 0.6 is 0 Å². The SMILES string of the molecule is Cc1ccc(CN2CCN(C(=O)c3cccc(C)c3)c3cccnc32)cc1. The topological polar surface area (TPSA) is 36.4 Å². The summed E-state index contributed by atoms with van der Waals surface area (Å²) in [6.07, 6.45) is 1.79. The first-order valence-electron chi connectivity index (χ1n) is 9.26. The molecule has 3 aromatic rings. The Labute approximate surface area is 160 Å². The van der Waals surface area contributed by atoms with E-state index in [9.17, 15) is 4.79 Å². The van der Waals surface area contributed by atoms with Crippen LogP contribution in [0.4, 0.5) is 11.5 Å². The number of amides is 1. The van der Waals surface area contributed by atoms with Crippen molar-refractivity contribution in [3.63, 3.8) is 0 Å². The molecule has 2 heterocycles. The summed E-state index contributed by atoms with van der Waals surface area (Å²) in [6, 6.07) is 20.2. The summed E-state index contributed by atoms with van der Waals surface area (Å²) in [7, 11) is 0. The number of pyridine rings is 1. The van der Waals surface area contributed by atoms with E-state index in [-0.39, 0.29) is 5.91 Å². The number of benzene rings is 2. The van der Waals surface area contributed by atoms with Crippen LogP contribution in [0, 0.1) is 13.8 Å². The standard InChI is InChI=1S/C23H23N3O/c1-17-8-10-19(11-9-17)16-25-13-14-26(21-7-4-12-24-22(21)25)23(27)20-6-3-5-18(2)15-20/h3-12,15H,13-14,16H2,1-2H3. The van der Waals surface area contributed by atoms with E-state index in [2.05, 4.69) is 41.1 Å². The highest BCUT2D eigenvalue weighted by atomic mass is 16.2. The first-order chi connectivity index (χ1) is 13.1. The number of carbonyl (C=O) groups excluding carboxylic acids is 1. The molecule has 0 spiro atoms. The van der Waals surface area contributed by atoms with Crippen molar-refractivity contribution in [2.24, 2.45) is 0 Å². The van der Waals surface area contributed by atoms with Crippen molar-refractivity contribution in [1.29, 1.82) is 0 Å². The van der Waals surface area contributed by atoms with Crippen molar-refractivity contribution in [1.82, 2.24) is 4.98 Å². The molecule has 0 bridgehead atoms. The number of carbonyl (C=O) groups is 1. The molecule has 1 amide bonds. The van der Waals surface area contributed by atoms with E-state index in [1.54, 1.807) is 6.20 Å². The largest absolute Gasteiger partial charge is 0.349 e. The van der Waals surface area contributed by atoms with Gasteiger partial charge in [0.1, 0.15) is 0 Å². The molecule has 0 saturated heterocycles. The highest BCUT2D eigenvalue weighted by Crippen LogP contribution is 2.32. The molecule has 1 aromatic heterocycles. The second-order valence-corrected chi connectivity index (χ2v) is 7.08. The Kier molecular flexibility index (Phi) is 4.63. The molecule has 4 heteroatoms. The fourth-order valence-electron chi connectivity index (χ4n) is 3.50. The molecule has 0 saturated carbocycles. The number of hydrogen-bond acceptors (Lipinski definition) is 3. The highest BCUT2D eigenvalue weighted by molar-refractivity contribution is 6.08. The summed E-state index contributed by atoms with van der Waals surface area (Å²) in [5.74, 6) is 0.897. The second-order valence-electron chi connectivity index (χ2n) is 7.08. The van der Waals surface area contributed by atoms with Gasteiger partial charge in [0.05, 0.1) is 5.69 Å². The normalized spacial score (nSPS) is 13.4. The van der Waals surface area contributed by atoms with Crippen LogP contribution in [0.1, 0.15) is 27.0 Å². The molecule has 0 N–H and O–H groups in total. The van der Waals surface area contributed by atoms with E-state index in [1.807, 2.05) is 48.2 Å². The number of rotatable bonds is 3. The quantitative estimate of drug-likeness (QED) is 0.698. The molecular weight excluding hydrogens is 334 g/mol. The third kappa shape index (κ3) is 3.56. The van der Waals surface area contributed by atoms with Crippen molar-refractivity contribution in [2.75, 3.05) is 22.9 Å². The second kappa shape index (κ2) is 7.23. The van der Waals surface area contributed by atoms with Crippen LogP contribution in [0.2, 0.25) is 0 Å². The van der Waals surface area contributed by atoms with Crippen molar-refractivity contribution in [3.8, 4) is 0 Å². The maximum atomic E-state index is 13.1. The molecule has 0 unspecified atom stereocenters. The molecule has 4 nitrogen and oxygen atoms in total. The number of anilines is 2. The Balaban J connectivity index is 1.63. The fourth-order valence-corrected chi connectivity index (χ4v) is 3.50. The number of hydrogen-bond donors (Lipinski definition) is 0. The Morgan fingerprint density at radius 3 is 2.56 bits per heavy atom. The predicted octanol–water partition coefficient (Wildman–Crippen LogP) is 4.37. The minimum Gasteiger partial charge on any atom is -0.349 e. The van der Waals surface area contributed by atoms with Gasteiger partial charge in [-0.1, -0.05) is 47.5 Å². The summed E-state index contributed by atoms with van der Waals surface area (Å²) in [6.45, 7) is 6.30. The van der Waals surface area contributed by atoms with Crippen LogP contribution in [0.25, 0.3) is 0 Å². The third-order valence-electron chi connectivity index (χ3n) is 4.95. The minimum atomic E-state index is 0.0305. The molecule has 4 rings (SSSR count). The maximum absolute atomic E-state index is 13.1. The zero-order valence-electron chi connectivity index (χ0n) is 15.7. The maximum Gasteiger partial charge on any atom is 0.258 e. The number of aryl methyl sites for hydroxylation is 2. The molecule has 0 atom stereocenters. The van der Waals surface area contributed by atoms with Crippen LogP contribution < -0.4 is 9.80 Å². The number of aromatic nitrogens is 1. The van der Waals surface area contributed by atoms with Gasteiger partial charge in [0.25, 0.3) is 5.91 Å². The molecule has 0 radical (unpaired) electrons. The fraction of sp³-hybridized carbons (Fsp3) is 0.217. The lowest BCUT2D eigenvalue weighted by Gasteiger charge is -2.36. The van der Waals surface area contributed by atoms with Gasteiger partial charge in [0.15, 0.2) is 5.82 Å². The van der Waals surface area contributed by atoms with E-state index in [4.69, 9.17) is 0 Å². The van der Waals surface area contributed by atoms with Gasteiger partial charge in [0.2, 0.25) is 0 Å². The highest BCUT2D eigenvalue weighted by Gasteiger charge is 2.28. The summed E-state index contributed by atoms with van der Waals surface area (Å²) in [5.41, 5.74) is 5.19. The van der Waals surface area contributed by atoms with Gasteiger partial charge in [0, 0.05) is 31.4 Å². The third-order valence-corrected chi connectivity index (χ3v) is 4.95. The van der Waals surface area contributed by atoms with Gasteiger partial charge >= 0.3 is 0 Å². The lowest BCUT2D eigenvalue weighted by molar-refractivity contribution is 0.0986. The average molecular weight is 357 g/mol. The summed E-state index contributed by atoms with van der Waals surface area (Å²) >= 11 is 0. The van der Waals surface area contributed by atoms with Gasteiger partial charge in [-0.2, -0.15) is 0 Å². The van der Waals surface area contributed by atoms with E-state index in [1.165, 1.54) is 11.1 Å².